The normalized spacial score (nSPS) is 15.9. The van der Waals surface area contributed by atoms with Crippen LogP contribution in [0.3, 0.4) is 0 Å². The van der Waals surface area contributed by atoms with Crippen molar-refractivity contribution >= 4 is 23.5 Å². The lowest BCUT2D eigenvalue weighted by molar-refractivity contribution is 0.116. The predicted molar refractivity (Wildman–Crippen MR) is 112 cm³/mol. The van der Waals surface area contributed by atoms with Crippen molar-refractivity contribution in [2.45, 2.75) is 30.8 Å². The summed E-state index contributed by atoms with van der Waals surface area (Å²) in [6, 6.07) is 10.6. The first-order valence-corrected chi connectivity index (χ1v) is 10.4. The van der Waals surface area contributed by atoms with E-state index < -0.39 is 0 Å². The molecule has 0 unspecified atom stereocenters. The molecule has 1 saturated heterocycles. The van der Waals surface area contributed by atoms with Crippen LogP contribution in [-0.2, 0) is 0 Å². The number of aryl methyl sites for hydroxylation is 1. The Morgan fingerprint density at radius 2 is 2.00 bits per heavy atom. The molecule has 3 aromatic rings. The van der Waals surface area contributed by atoms with Crippen molar-refractivity contribution in [2.75, 3.05) is 13.1 Å². The number of aromatic amines is 1. The minimum Gasteiger partial charge on any atom is -0.393 e. The molecule has 0 atom stereocenters. The standard InChI is InChI=1S/C21H21ClFN3OS/c1-13-10-15(23)3-4-17(13)19-12-24-21(25-19)14-2-5-18(22)20(11-14)28-26-8-6-16(27)7-9-26/h2-5,10-12,16,27H,6-9H2,1H3,(H,24,25). The van der Waals surface area contributed by atoms with Gasteiger partial charge in [-0.1, -0.05) is 11.6 Å². The maximum atomic E-state index is 13.4. The molecule has 146 valence electrons. The number of aromatic nitrogens is 2. The van der Waals surface area contributed by atoms with E-state index in [4.69, 9.17) is 11.6 Å². The van der Waals surface area contributed by atoms with Crippen molar-refractivity contribution in [3.8, 4) is 22.6 Å². The van der Waals surface area contributed by atoms with Crippen LogP contribution in [0.2, 0.25) is 5.02 Å². The second-order valence-corrected chi connectivity index (χ2v) is 8.55. The highest BCUT2D eigenvalue weighted by molar-refractivity contribution is 7.97. The molecule has 0 saturated carbocycles. The molecule has 0 aliphatic carbocycles. The topological polar surface area (TPSA) is 52.1 Å². The van der Waals surface area contributed by atoms with Gasteiger partial charge in [0.25, 0.3) is 0 Å². The van der Waals surface area contributed by atoms with E-state index in [0.717, 1.165) is 59.0 Å². The molecular formula is C21H21ClFN3OS. The summed E-state index contributed by atoms with van der Waals surface area (Å²) in [6.45, 7) is 3.55. The van der Waals surface area contributed by atoms with Crippen LogP contribution in [0, 0.1) is 12.7 Å². The first-order valence-electron chi connectivity index (χ1n) is 9.22. The van der Waals surface area contributed by atoms with Gasteiger partial charge < -0.3 is 10.1 Å². The number of imidazole rings is 1. The fourth-order valence-corrected chi connectivity index (χ4v) is 4.55. The van der Waals surface area contributed by atoms with Crippen LogP contribution in [0.5, 0.6) is 0 Å². The lowest BCUT2D eigenvalue weighted by Gasteiger charge is -2.28. The van der Waals surface area contributed by atoms with Gasteiger partial charge in [-0.15, -0.1) is 0 Å². The molecule has 1 fully saturated rings. The number of hydrogen-bond donors (Lipinski definition) is 2. The van der Waals surface area contributed by atoms with Gasteiger partial charge in [0, 0.05) is 29.1 Å². The Balaban J connectivity index is 1.57. The highest BCUT2D eigenvalue weighted by Crippen LogP contribution is 2.35. The van der Waals surface area contributed by atoms with Gasteiger partial charge in [-0.25, -0.2) is 13.7 Å². The van der Waals surface area contributed by atoms with E-state index in [-0.39, 0.29) is 11.9 Å². The first kappa shape index (κ1) is 19.5. The number of piperidine rings is 1. The number of nitrogens with zero attached hydrogens (tertiary/aromatic N) is 2. The third kappa shape index (κ3) is 4.25. The average molecular weight is 418 g/mol. The highest BCUT2D eigenvalue weighted by Gasteiger charge is 2.19. The quantitative estimate of drug-likeness (QED) is 0.565. The Bertz CT molecular complexity index is 986. The molecule has 7 heteroatoms. The molecule has 4 rings (SSSR count). The van der Waals surface area contributed by atoms with Gasteiger partial charge in [0.05, 0.1) is 23.0 Å². The van der Waals surface area contributed by atoms with E-state index in [0.29, 0.717) is 5.02 Å². The van der Waals surface area contributed by atoms with Crippen LogP contribution in [0.1, 0.15) is 18.4 Å². The molecule has 1 aromatic heterocycles. The van der Waals surface area contributed by atoms with E-state index in [9.17, 15) is 9.50 Å². The van der Waals surface area contributed by atoms with Crippen molar-refractivity contribution in [2.24, 2.45) is 0 Å². The zero-order valence-corrected chi connectivity index (χ0v) is 17.0. The summed E-state index contributed by atoms with van der Waals surface area (Å²) in [4.78, 5) is 8.80. The summed E-state index contributed by atoms with van der Waals surface area (Å²) < 4.78 is 15.6. The summed E-state index contributed by atoms with van der Waals surface area (Å²) in [5.74, 6) is 0.497. The molecule has 0 spiro atoms. The number of aliphatic hydroxyl groups is 1. The lowest BCUT2D eigenvalue weighted by atomic mass is 10.1. The molecule has 2 heterocycles. The average Bonchev–Trinajstić information content (AvgIpc) is 3.15. The van der Waals surface area contributed by atoms with Gasteiger partial charge in [0.2, 0.25) is 0 Å². The number of nitrogens with one attached hydrogen (secondary N) is 1. The largest absolute Gasteiger partial charge is 0.393 e. The van der Waals surface area contributed by atoms with E-state index in [1.54, 1.807) is 24.2 Å². The first-order chi connectivity index (χ1) is 13.5. The third-order valence-electron chi connectivity index (χ3n) is 4.91. The van der Waals surface area contributed by atoms with Crippen LogP contribution >= 0.6 is 23.5 Å². The van der Waals surface area contributed by atoms with Crippen molar-refractivity contribution in [1.82, 2.24) is 14.3 Å². The fourth-order valence-electron chi connectivity index (χ4n) is 3.33. The monoisotopic (exact) mass is 417 g/mol. The molecule has 1 aliphatic rings. The smallest absolute Gasteiger partial charge is 0.137 e. The molecule has 0 bridgehead atoms. The molecule has 1 aliphatic heterocycles. The van der Waals surface area contributed by atoms with Crippen molar-refractivity contribution in [3.05, 3.63) is 59.0 Å². The van der Waals surface area contributed by atoms with Gasteiger partial charge in [0.1, 0.15) is 11.6 Å². The van der Waals surface area contributed by atoms with Crippen molar-refractivity contribution in [1.29, 1.82) is 0 Å². The Morgan fingerprint density at radius 3 is 2.75 bits per heavy atom. The summed E-state index contributed by atoms with van der Waals surface area (Å²) in [5, 5.41) is 10.4. The van der Waals surface area contributed by atoms with Crippen molar-refractivity contribution in [3.63, 3.8) is 0 Å². The molecule has 4 nitrogen and oxygen atoms in total. The molecular weight excluding hydrogens is 397 g/mol. The zero-order chi connectivity index (χ0) is 19.7. The second-order valence-electron chi connectivity index (χ2n) is 7.00. The molecule has 0 radical (unpaired) electrons. The van der Waals surface area contributed by atoms with Crippen LogP contribution in [-0.4, -0.2) is 38.6 Å². The lowest BCUT2D eigenvalue weighted by Crippen LogP contribution is -2.31. The van der Waals surface area contributed by atoms with E-state index in [1.165, 1.54) is 12.1 Å². The Morgan fingerprint density at radius 1 is 1.21 bits per heavy atom. The summed E-state index contributed by atoms with van der Waals surface area (Å²) in [5.41, 5.74) is 3.57. The van der Waals surface area contributed by atoms with Crippen molar-refractivity contribution < 1.29 is 9.50 Å². The van der Waals surface area contributed by atoms with E-state index >= 15 is 0 Å². The van der Waals surface area contributed by atoms with Gasteiger partial charge in [0.15, 0.2) is 0 Å². The zero-order valence-electron chi connectivity index (χ0n) is 15.5. The summed E-state index contributed by atoms with van der Waals surface area (Å²) in [7, 11) is 0. The van der Waals surface area contributed by atoms with Crippen LogP contribution in [0.25, 0.3) is 22.6 Å². The van der Waals surface area contributed by atoms with E-state index in [2.05, 4.69) is 14.3 Å². The second kappa shape index (κ2) is 8.25. The third-order valence-corrected chi connectivity index (χ3v) is 6.51. The fraction of sp³-hybridized carbons (Fsp3) is 0.286. The van der Waals surface area contributed by atoms with Crippen LogP contribution < -0.4 is 0 Å². The van der Waals surface area contributed by atoms with E-state index in [1.807, 2.05) is 25.1 Å². The Hall–Kier alpha value is -1.86. The maximum Gasteiger partial charge on any atom is 0.137 e. The maximum absolute atomic E-state index is 13.4. The number of rotatable bonds is 4. The number of benzene rings is 2. The highest BCUT2D eigenvalue weighted by atomic mass is 35.5. The van der Waals surface area contributed by atoms with Gasteiger partial charge >= 0.3 is 0 Å². The molecule has 2 aromatic carbocycles. The SMILES string of the molecule is Cc1cc(F)ccc1-c1cnc(-c2ccc(Cl)c(SN3CCC(O)CC3)c2)[nH]1. The van der Waals surface area contributed by atoms with Gasteiger partial charge in [-0.05, 0) is 73.7 Å². The van der Waals surface area contributed by atoms with Gasteiger partial charge in [-0.3, -0.25) is 0 Å². The summed E-state index contributed by atoms with van der Waals surface area (Å²) in [6.07, 6.45) is 3.13. The van der Waals surface area contributed by atoms with Crippen LogP contribution in [0.15, 0.2) is 47.5 Å². The number of halogens is 2. The molecule has 0 amide bonds. The van der Waals surface area contributed by atoms with Crippen LogP contribution in [0.4, 0.5) is 4.39 Å². The Labute approximate surface area is 172 Å². The number of hydrogen-bond acceptors (Lipinski definition) is 4. The molecule has 28 heavy (non-hydrogen) atoms. The number of H-pyrrole nitrogens is 1. The Kier molecular flexibility index (Phi) is 5.73. The van der Waals surface area contributed by atoms with Gasteiger partial charge in [-0.2, -0.15) is 0 Å². The number of aliphatic hydroxyl groups excluding tert-OH is 1. The predicted octanol–water partition coefficient (Wildman–Crippen LogP) is 5.31. The summed E-state index contributed by atoms with van der Waals surface area (Å²) >= 11 is 8.02. The minimum atomic E-state index is -0.245. The molecule has 2 N–H and O–H groups in total. The minimum absolute atomic E-state index is 0.199.